The van der Waals surface area contributed by atoms with E-state index in [9.17, 15) is 9.18 Å². The van der Waals surface area contributed by atoms with E-state index >= 15 is 0 Å². The van der Waals surface area contributed by atoms with E-state index in [4.69, 9.17) is 0 Å². The fourth-order valence-corrected chi connectivity index (χ4v) is 3.21. The van der Waals surface area contributed by atoms with Gasteiger partial charge in [0, 0.05) is 12.1 Å². The second kappa shape index (κ2) is 5.50. The molecule has 1 aliphatic rings. The summed E-state index contributed by atoms with van der Waals surface area (Å²) in [5.41, 5.74) is 2.24. The molecule has 4 nitrogen and oxygen atoms in total. The van der Waals surface area contributed by atoms with E-state index in [-0.39, 0.29) is 11.9 Å². The maximum atomic E-state index is 13.4. The van der Waals surface area contributed by atoms with E-state index in [1.165, 1.54) is 12.1 Å². The number of nitrogens with one attached hydrogen (secondary N) is 1. The van der Waals surface area contributed by atoms with E-state index < -0.39 is 5.82 Å². The summed E-state index contributed by atoms with van der Waals surface area (Å²) in [4.78, 5) is 22.4. The SMILES string of the molecule is O=C(c1cccc(F)c1)N1CCC[C@@H]1c1nc2ccccc2[nH]1. The summed E-state index contributed by atoms with van der Waals surface area (Å²) in [6, 6.07) is 13.6. The Hall–Kier alpha value is -2.69. The Bertz CT molecular complexity index is 840. The Balaban J connectivity index is 1.67. The Morgan fingerprint density at radius 1 is 1.22 bits per heavy atom. The Kier molecular flexibility index (Phi) is 3.33. The number of carbonyl (C=O) groups is 1. The number of carbonyl (C=O) groups excluding carboxylic acids is 1. The lowest BCUT2D eigenvalue weighted by Gasteiger charge is -2.23. The fraction of sp³-hybridized carbons (Fsp3) is 0.222. The number of fused-ring (bicyclic) bond motifs is 1. The predicted octanol–water partition coefficient (Wildman–Crippen LogP) is 3.68. The first-order valence-corrected chi connectivity index (χ1v) is 7.73. The van der Waals surface area contributed by atoms with Gasteiger partial charge in [0.1, 0.15) is 11.6 Å². The zero-order valence-corrected chi connectivity index (χ0v) is 12.5. The van der Waals surface area contributed by atoms with Gasteiger partial charge in [0.05, 0.1) is 17.1 Å². The first kappa shape index (κ1) is 13.9. The van der Waals surface area contributed by atoms with Crippen molar-refractivity contribution in [2.75, 3.05) is 6.54 Å². The highest BCUT2D eigenvalue weighted by Gasteiger charge is 2.32. The highest BCUT2D eigenvalue weighted by atomic mass is 19.1. The number of likely N-dealkylation sites (tertiary alicyclic amines) is 1. The molecule has 0 saturated carbocycles. The number of para-hydroxylation sites is 2. The summed E-state index contributed by atoms with van der Waals surface area (Å²) in [6.07, 6.45) is 1.78. The molecule has 1 aromatic heterocycles. The average molecular weight is 309 g/mol. The number of rotatable bonds is 2. The van der Waals surface area contributed by atoms with Gasteiger partial charge in [-0.2, -0.15) is 0 Å². The molecule has 23 heavy (non-hydrogen) atoms. The number of imidazole rings is 1. The van der Waals surface area contributed by atoms with Crippen LogP contribution < -0.4 is 0 Å². The number of nitrogens with zero attached hydrogens (tertiary/aromatic N) is 2. The van der Waals surface area contributed by atoms with Crippen molar-refractivity contribution in [3.05, 3.63) is 65.7 Å². The second-order valence-corrected chi connectivity index (χ2v) is 5.81. The van der Waals surface area contributed by atoms with Gasteiger partial charge in [-0.3, -0.25) is 4.79 Å². The molecule has 1 saturated heterocycles. The molecule has 0 unspecified atom stereocenters. The lowest BCUT2D eigenvalue weighted by Crippen LogP contribution is -2.31. The molecule has 116 valence electrons. The Morgan fingerprint density at radius 2 is 2.09 bits per heavy atom. The van der Waals surface area contributed by atoms with Gasteiger partial charge in [-0.25, -0.2) is 9.37 Å². The van der Waals surface area contributed by atoms with Crippen molar-refractivity contribution >= 4 is 16.9 Å². The zero-order chi connectivity index (χ0) is 15.8. The van der Waals surface area contributed by atoms with E-state index in [0.29, 0.717) is 12.1 Å². The van der Waals surface area contributed by atoms with Gasteiger partial charge in [-0.1, -0.05) is 18.2 Å². The largest absolute Gasteiger partial charge is 0.340 e. The molecule has 1 fully saturated rings. The first-order valence-electron chi connectivity index (χ1n) is 7.73. The van der Waals surface area contributed by atoms with Crippen LogP contribution in [0.4, 0.5) is 4.39 Å². The van der Waals surface area contributed by atoms with Crippen LogP contribution in [0.3, 0.4) is 0 Å². The van der Waals surface area contributed by atoms with Gasteiger partial charge < -0.3 is 9.88 Å². The topological polar surface area (TPSA) is 49.0 Å². The molecule has 2 aromatic carbocycles. The van der Waals surface area contributed by atoms with Crippen molar-refractivity contribution in [1.29, 1.82) is 0 Å². The number of hydrogen-bond acceptors (Lipinski definition) is 2. The molecule has 1 N–H and O–H groups in total. The number of aromatic amines is 1. The van der Waals surface area contributed by atoms with E-state index in [1.807, 2.05) is 24.3 Å². The summed E-state index contributed by atoms with van der Waals surface area (Å²) in [6.45, 7) is 0.664. The summed E-state index contributed by atoms with van der Waals surface area (Å²) in [5, 5.41) is 0. The highest BCUT2D eigenvalue weighted by Crippen LogP contribution is 2.32. The molecule has 0 spiro atoms. The van der Waals surface area contributed by atoms with E-state index in [0.717, 1.165) is 29.7 Å². The normalized spacial score (nSPS) is 17.8. The molecular formula is C18H16FN3O. The number of hydrogen-bond donors (Lipinski definition) is 1. The zero-order valence-electron chi connectivity index (χ0n) is 12.5. The molecule has 2 heterocycles. The predicted molar refractivity (Wildman–Crippen MR) is 85.5 cm³/mol. The molecular weight excluding hydrogens is 293 g/mol. The summed E-state index contributed by atoms with van der Waals surface area (Å²) in [7, 11) is 0. The third-order valence-electron chi connectivity index (χ3n) is 4.31. The molecule has 4 rings (SSSR count). The van der Waals surface area contributed by atoms with Gasteiger partial charge in [0.15, 0.2) is 0 Å². The van der Waals surface area contributed by atoms with Gasteiger partial charge in [-0.15, -0.1) is 0 Å². The van der Waals surface area contributed by atoms with Crippen LogP contribution in [0.25, 0.3) is 11.0 Å². The standard InChI is InChI=1S/C18H16FN3O/c19-13-6-3-5-12(11-13)18(23)22-10-4-9-16(22)17-20-14-7-1-2-8-15(14)21-17/h1-3,5-8,11,16H,4,9-10H2,(H,20,21)/t16-/m1/s1. The molecule has 0 aliphatic carbocycles. The minimum Gasteiger partial charge on any atom is -0.340 e. The molecule has 0 radical (unpaired) electrons. The lowest BCUT2D eigenvalue weighted by atomic mass is 10.1. The first-order chi connectivity index (χ1) is 11.2. The van der Waals surface area contributed by atoms with Crippen molar-refractivity contribution < 1.29 is 9.18 Å². The summed E-state index contributed by atoms with van der Waals surface area (Å²) < 4.78 is 13.4. The van der Waals surface area contributed by atoms with Crippen LogP contribution in [0.1, 0.15) is 35.1 Å². The Morgan fingerprint density at radius 3 is 2.91 bits per heavy atom. The van der Waals surface area contributed by atoms with Crippen molar-refractivity contribution in [3.63, 3.8) is 0 Å². The highest BCUT2D eigenvalue weighted by molar-refractivity contribution is 5.94. The summed E-state index contributed by atoms with van der Waals surface area (Å²) >= 11 is 0. The van der Waals surface area contributed by atoms with Crippen LogP contribution in [0, 0.1) is 5.82 Å². The number of H-pyrrole nitrogens is 1. The minimum absolute atomic E-state index is 0.0850. The van der Waals surface area contributed by atoms with Crippen molar-refractivity contribution in [2.45, 2.75) is 18.9 Å². The average Bonchev–Trinajstić information content (AvgIpc) is 3.20. The Labute approximate surface area is 133 Å². The van der Waals surface area contributed by atoms with Crippen molar-refractivity contribution in [1.82, 2.24) is 14.9 Å². The van der Waals surface area contributed by atoms with Crippen LogP contribution in [-0.4, -0.2) is 27.3 Å². The number of benzene rings is 2. The molecule has 5 heteroatoms. The minimum atomic E-state index is -0.393. The second-order valence-electron chi connectivity index (χ2n) is 5.81. The van der Waals surface area contributed by atoms with E-state index in [1.54, 1.807) is 17.0 Å². The smallest absolute Gasteiger partial charge is 0.254 e. The maximum absolute atomic E-state index is 13.4. The van der Waals surface area contributed by atoms with Crippen LogP contribution >= 0.6 is 0 Å². The van der Waals surface area contributed by atoms with Crippen molar-refractivity contribution in [3.8, 4) is 0 Å². The van der Waals surface area contributed by atoms with E-state index in [2.05, 4.69) is 9.97 Å². The lowest BCUT2D eigenvalue weighted by molar-refractivity contribution is 0.0730. The quantitative estimate of drug-likeness (QED) is 0.785. The molecule has 0 bridgehead atoms. The molecule has 1 amide bonds. The third kappa shape index (κ3) is 2.48. The maximum Gasteiger partial charge on any atom is 0.254 e. The summed E-state index contributed by atoms with van der Waals surface area (Å²) in [5.74, 6) is 0.260. The van der Waals surface area contributed by atoms with Crippen LogP contribution in [0.2, 0.25) is 0 Å². The monoisotopic (exact) mass is 309 g/mol. The number of amides is 1. The van der Waals surface area contributed by atoms with Gasteiger partial charge in [-0.05, 0) is 43.2 Å². The van der Waals surface area contributed by atoms with Crippen LogP contribution in [-0.2, 0) is 0 Å². The van der Waals surface area contributed by atoms with Gasteiger partial charge in [0.2, 0.25) is 0 Å². The van der Waals surface area contributed by atoms with Crippen LogP contribution in [0.15, 0.2) is 48.5 Å². The third-order valence-corrected chi connectivity index (χ3v) is 4.31. The van der Waals surface area contributed by atoms with Gasteiger partial charge >= 0.3 is 0 Å². The number of halogens is 1. The molecule has 1 atom stereocenters. The fourth-order valence-electron chi connectivity index (χ4n) is 3.21. The molecule has 3 aromatic rings. The van der Waals surface area contributed by atoms with Crippen molar-refractivity contribution in [2.24, 2.45) is 0 Å². The molecule has 1 aliphatic heterocycles. The van der Waals surface area contributed by atoms with Gasteiger partial charge in [0.25, 0.3) is 5.91 Å². The number of aromatic nitrogens is 2. The van der Waals surface area contributed by atoms with Crippen LogP contribution in [0.5, 0.6) is 0 Å².